The van der Waals surface area contributed by atoms with E-state index < -0.39 is 57.7 Å². The van der Waals surface area contributed by atoms with E-state index in [1.165, 1.54) is 48.3 Å². The highest BCUT2D eigenvalue weighted by molar-refractivity contribution is 6.22. The van der Waals surface area contributed by atoms with Crippen LogP contribution in [0.4, 0.5) is 33.2 Å². The molecule has 0 aliphatic carbocycles. The molecule has 5 rings (SSSR count). The lowest BCUT2D eigenvalue weighted by Crippen LogP contribution is -2.51. The van der Waals surface area contributed by atoms with Gasteiger partial charge in [0.1, 0.15) is 5.69 Å². The number of nitro benzene ring substituents is 1. The number of rotatable bonds is 8. The van der Waals surface area contributed by atoms with E-state index in [1.54, 1.807) is 54.6 Å². The highest BCUT2D eigenvalue weighted by Gasteiger charge is 2.39. The van der Waals surface area contributed by atoms with Crippen LogP contribution in [0, 0.1) is 10.1 Å². The number of imide groups is 2. The lowest BCUT2D eigenvalue weighted by Gasteiger charge is -2.31. The third-order valence-corrected chi connectivity index (χ3v) is 7.67. The normalized spacial score (nSPS) is 13.6. The molecule has 252 valence electrons. The maximum absolute atomic E-state index is 14.6. The molecule has 15 heteroatoms. The molecule has 1 atom stereocenters. The van der Waals surface area contributed by atoms with Crippen molar-refractivity contribution in [2.24, 2.45) is 4.99 Å². The summed E-state index contributed by atoms with van der Waals surface area (Å²) in [4.78, 5) is 96.9. The molecular formula is C35H29N7O8. The fourth-order valence-electron chi connectivity index (χ4n) is 5.39. The quantitative estimate of drug-likeness (QED) is 0.157. The number of nitrogens with zero attached hydrogens (tertiary/aromatic N) is 5. The molecule has 4 aromatic rings. The molecule has 0 bridgehead atoms. The summed E-state index contributed by atoms with van der Waals surface area (Å²) in [6.07, 6.45) is -1.40. The molecule has 1 heterocycles. The molecular weight excluding hydrogens is 646 g/mol. The maximum atomic E-state index is 14.6. The van der Waals surface area contributed by atoms with Crippen LogP contribution >= 0.6 is 0 Å². The Bertz CT molecular complexity index is 2080. The molecule has 2 N–H and O–H groups in total. The molecule has 50 heavy (non-hydrogen) atoms. The number of carbonyl (C=O) groups is 6. The summed E-state index contributed by atoms with van der Waals surface area (Å²) in [5.41, 5.74) is 0.318. The molecule has 0 radical (unpaired) electrons. The third-order valence-electron chi connectivity index (χ3n) is 7.67. The van der Waals surface area contributed by atoms with Crippen molar-refractivity contribution in [1.29, 1.82) is 0 Å². The van der Waals surface area contributed by atoms with E-state index in [2.05, 4.69) is 5.32 Å². The minimum absolute atomic E-state index is 0.0417. The van der Waals surface area contributed by atoms with E-state index in [1.807, 2.05) is 5.32 Å². The Morgan fingerprint density at radius 3 is 2.22 bits per heavy atom. The minimum Gasteiger partial charge on any atom is -0.311 e. The van der Waals surface area contributed by atoms with E-state index in [9.17, 15) is 38.9 Å². The number of hydrogen-bond donors (Lipinski definition) is 2. The van der Waals surface area contributed by atoms with Gasteiger partial charge >= 0.3 is 6.03 Å². The van der Waals surface area contributed by atoms with Crippen LogP contribution in [-0.4, -0.2) is 59.9 Å². The number of benzodiazepines with no additional fused rings is 1. The number of para-hydroxylation sites is 2. The van der Waals surface area contributed by atoms with E-state index >= 15 is 0 Å². The molecule has 1 aliphatic rings. The van der Waals surface area contributed by atoms with Gasteiger partial charge in [0.05, 0.1) is 33.3 Å². The van der Waals surface area contributed by atoms with Crippen molar-refractivity contribution in [2.75, 3.05) is 27.1 Å². The van der Waals surface area contributed by atoms with Gasteiger partial charge in [0.2, 0.25) is 24.4 Å². The van der Waals surface area contributed by atoms with Crippen molar-refractivity contribution in [3.05, 3.63) is 124 Å². The molecule has 1 aliphatic heterocycles. The van der Waals surface area contributed by atoms with Crippen LogP contribution in [0.15, 0.2) is 102 Å². The predicted molar refractivity (Wildman–Crippen MR) is 184 cm³/mol. The van der Waals surface area contributed by atoms with Crippen LogP contribution in [0.25, 0.3) is 0 Å². The van der Waals surface area contributed by atoms with Crippen LogP contribution in [0.3, 0.4) is 0 Å². The fourth-order valence-corrected chi connectivity index (χ4v) is 5.39. The number of carbonyl (C=O) groups excluding carboxylic acids is 6. The van der Waals surface area contributed by atoms with E-state index in [0.29, 0.717) is 22.5 Å². The van der Waals surface area contributed by atoms with E-state index in [4.69, 9.17) is 4.99 Å². The van der Waals surface area contributed by atoms with Gasteiger partial charge in [-0.15, -0.1) is 0 Å². The van der Waals surface area contributed by atoms with Crippen LogP contribution in [-0.2, 0) is 19.2 Å². The van der Waals surface area contributed by atoms with Crippen LogP contribution in [0.5, 0.6) is 0 Å². The number of anilines is 4. The number of nitrogens with one attached hydrogen (secondary N) is 2. The summed E-state index contributed by atoms with van der Waals surface area (Å²) in [5.74, 6) is -3.12. The molecule has 0 aromatic heterocycles. The largest absolute Gasteiger partial charge is 0.328 e. The molecule has 7 amide bonds. The van der Waals surface area contributed by atoms with Crippen molar-refractivity contribution < 1.29 is 33.7 Å². The average Bonchev–Trinajstić information content (AvgIpc) is 3.19. The van der Waals surface area contributed by atoms with Gasteiger partial charge in [-0.2, -0.15) is 0 Å². The lowest BCUT2D eigenvalue weighted by atomic mass is 10.0. The Hall–Kier alpha value is -7.03. The van der Waals surface area contributed by atoms with E-state index in [0.717, 1.165) is 29.7 Å². The number of nitro groups is 1. The number of benzene rings is 4. The maximum Gasteiger partial charge on any atom is 0.328 e. The van der Waals surface area contributed by atoms with Gasteiger partial charge < -0.3 is 10.2 Å². The zero-order valence-corrected chi connectivity index (χ0v) is 26.9. The SMILES string of the molecule is CC(=O)NC(=O)c1cccc([N+](=O)[O-])c1NC(=O)N(c1cccc(N(C=O)C(C)=O)c1)C1N=C(c2ccccc2)c2ccccc2N(C)C1=O. The molecule has 15 nitrogen and oxygen atoms in total. The van der Waals surface area contributed by atoms with Gasteiger partial charge in [-0.05, 0) is 30.3 Å². The Balaban J connectivity index is 1.75. The van der Waals surface area contributed by atoms with Crippen LogP contribution < -0.4 is 25.3 Å². The first-order valence-corrected chi connectivity index (χ1v) is 15.0. The zero-order valence-electron chi connectivity index (χ0n) is 26.9. The topological polar surface area (TPSA) is 192 Å². The summed E-state index contributed by atoms with van der Waals surface area (Å²) in [7, 11) is 1.50. The smallest absolute Gasteiger partial charge is 0.311 e. The second-order valence-electron chi connectivity index (χ2n) is 10.9. The lowest BCUT2D eigenvalue weighted by molar-refractivity contribution is -0.383. The van der Waals surface area contributed by atoms with Crippen molar-refractivity contribution in [2.45, 2.75) is 20.0 Å². The van der Waals surface area contributed by atoms with Crippen LogP contribution in [0.1, 0.15) is 35.3 Å². The summed E-state index contributed by atoms with van der Waals surface area (Å²) in [6.45, 7) is 2.23. The molecule has 0 saturated heterocycles. The summed E-state index contributed by atoms with van der Waals surface area (Å²) < 4.78 is 0. The van der Waals surface area contributed by atoms with Gasteiger partial charge in [0, 0.05) is 38.1 Å². The van der Waals surface area contributed by atoms with Crippen molar-refractivity contribution in [3.63, 3.8) is 0 Å². The van der Waals surface area contributed by atoms with Gasteiger partial charge in [-0.25, -0.2) is 9.79 Å². The number of hydrogen-bond acceptors (Lipinski definition) is 9. The standard InChI is InChI=1S/C35H29N7O8/c1-21(44)36-33(46)27-16-10-18-29(42(49)50)31(27)38-35(48)41(25-14-9-13-24(19-25)40(20-43)22(2)45)32-34(47)39(3)28-17-8-7-15-26(28)30(37-32)23-11-5-4-6-12-23/h4-20,32H,1-3H3,(H,38,48)(H,36,44,46). The number of urea groups is 1. The third kappa shape index (κ3) is 6.82. The summed E-state index contributed by atoms with van der Waals surface area (Å²) in [5, 5.41) is 16.6. The Morgan fingerprint density at radius 1 is 0.900 bits per heavy atom. The molecule has 1 unspecified atom stereocenters. The zero-order chi connectivity index (χ0) is 36.1. The first-order valence-electron chi connectivity index (χ1n) is 15.0. The molecule has 0 saturated carbocycles. The number of fused-ring (bicyclic) bond motifs is 1. The highest BCUT2D eigenvalue weighted by Crippen LogP contribution is 2.34. The number of amides is 7. The molecule has 0 fully saturated rings. The average molecular weight is 676 g/mol. The highest BCUT2D eigenvalue weighted by atomic mass is 16.6. The number of aliphatic imine (C=N–C) groups is 1. The monoisotopic (exact) mass is 675 g/mol. The second-order valence-corrected chi connectivity index (χ2v) is 10.9. The minimum atomic E-state index is -1.68. The summed E-state index contributed by atoms with van der Waals surface area (Å²) >= 11 is 0. The predicted octanol–water partition coefficient (Wildman–Crippen LogP) is 4.26. The first kappa shape index (κ1) is 34.3. The van der Waals surface area contributed by atoms with Crippen molar-refractivity contribution in [3.8, 4) is 0 Å². The first-order chi connectivity index (χ1) is 23.9. The van der Waals surface area contributed by atoms with Gasteiger partial charge in [-0.1, -0.05) is 60.7 Å². The van der Waals surface area contributed by atoms with Gasteiger partial charge in [0.15, 0.2) is 0 Å². The van der Waals surface area contributed by atoms with Crippen molar-refractivity contribution in [1.82, 2.24) is 5.32 Å². The van der Waals surface area contributed by atoms with Crippen LogP contribution in [0.2, 0.25) is 0 Å². The fraction of sp³-hybridized carbons (Fsp3) is 0.114. The molecule has 4 aromatic carbocycles. The van der Waals surface area contributed by atoms with E-state index in [-0.39, 0.29) is 17.8 Å². The molecule has 0 spiro atoms. The second kappa shape index (κ2) is 14.4. The van der Waals surface area contributed by atoms with Gasteiger partial charge in [0.25, 0.3) is 17.5 Å². The number of likely N-dealkylation sites (N-methyl/N-ethyl adjacent to an activating group) is 1. The summed E-state index contributed by atoms with van der Waals surface area (Å²) in [6, 6.07) is 23.7. The van der Waals surface area contributed by atoms with Crippen molar-refractivity contribution >= 4 is 70.2 Å². The van der Waals surface area contributed by atoms with Gasteiger partial charge in [-0.3, -0.25) is 49.2 Å². The Kier molecular flexibility index (Phi) is 9.87. The Morgan fingerprint density at radius 2 is 1.56 bits per heavy atom. The Labute approximate surface area is 285 Å².